The van der Waals surface area contributed by atoms with Crippen LogP contribution in [0.4, 0.5) is 0 Å². The van der Waals surface area contributed by atoms with E-state index in [4.69, 9.17) is 13.9 Å². The zero-order chi connectivity index (χ0) is 27.3. The number of ether oxygens (including phenoxy) is 2. The Balaban J connectivity index is 1.19. The van der Waals surface area contributed by atoms with E-state index in [1.165, 1.54) is 12.8 Å². The molecule has 0 bridgehead atoms. The average molecular weight is 536 g/mol. The third-order valence-corrected chi connectivity index (χ3v) is 7.85. The molecule has 6 rings (SSSR count). The molecule has 2 saturated heterocycles. The number of hydrogen-bond donors (Lipinski definition) is 0. The van der Waals surface area contributed by atoms with Crippen molar-refractivity contribution >= 4 is 16.9 Å². The molecule has 0 N–H and O–H groups in total. The monoisotopic (exact) mass is 535 g/mol. The topological polar surface area (TPSA) is 88.6 Å². The second-order valence-electron chi connectivity index (χ2n) is 10.6. The number of hydrogen-bond acceptors (Lipinski definition) is 7. The normalized spacial score (nSPS) is 16.3. The van der Waals surface area contributed by atoms with E-state index < -0.39 is 0 Å². The molecule has 40 heavy (non-hydrogen) atoms. The van der Waals surface area contributed by atoms with Crippen molar-refractivity contribution < 1.29 is 18.7 Å². The highest BCUT2D eigenvalue weighted by atomic mass is 16.5. The lowest BCUT2D eigenvalue weighted by molar-refractivity contribution is 0.0254. The molecule has 0 unspecified atom stereocenters. The third kappa shape index (κ3) is 5.79. The van der Waals surface area contributed by atoms with Crippen molar-refractivity contribution in [1.29, 1.82) is 5.26 Å². The van der Waals surface area contributed by atoms with E-state index in [9.17, 15) is 10.1 Å². The van der Waals surface area contributed by atoms with Crippen LogP contribution in [0.1, 0.15) is 54.4 Å². The van der Waals surface area contributed by atoms with Crippen LogP contribution >= 0.6 is 0 Å². The minimum atomic E-state index is 0.0589. The summed E-state index contributed by atoms with van der Waals surface area (Å²) in [5.74, 6) is 1.45. The number of carbonyl (C=O) groups excluding carboxylic acids is 1. The third-order valence-electron chi connectivity index (χ3n) is 7.85. The molecule has 0 atom stereocenters. The summed E-state index contributed by atoms with van der Waals surface area (Å²) in [4.78, 5) is 19.7. The molecule has 0 saturated carbocycles. The van der Waals surface area contributed by atoms with Crippen LogP contribution in [0, 0.1) is 11.3 Å². The molecule has 0 spiro atoms. The Morgan fingerprint density at radius 2 is 1.80 bits per heavy atom. The number of nitriles is 1. The summed E-state index contributed by atoms with van der Waals surface area (Å²) >= 11 is 0. The SMILES string of the molecule is N#Cc1cc(-c2ccnc3cc(-c4ccc(C(=O)CCCN5CCCC5)cc4)oc23)ccc1OC1CCOCC1. The number of fused-ring (bicyclic) bond motifs is 1. The molecule has 7 heteroatoms. The van der Waals surface area contributed by atoms with E-state index in [2.05, 4.69) is 16.0 Å². The van der Waals surface area contributed by atoms with Crippen LogP contribution in [-0.4, -0.2) is 54.6 Å². The summed E-state index contributed by atoms with van der Waals surface area (Å²) in [6, 6.07) is 19.4. The maximum Gasteiger partial charge on any atom is 0.162 e. The zero-order valence-corrected chi connectivity index (χ0v) is 22.6. The molecular formula is C33H33N3O4. The van der Waals surface area contributed by atoms with E-state index in [0.717, 1.165) is 66.7 Å². The van der Waals surface area contributed by atoms with Gasteiger partial charge in [0.25, 0.3) is 0 Å². The molecule has 2 fully saturated rings. The fraction of sp³-hybridized carbons (Fsp3) is 0.364. The van der Waals surface area contributed by atoms with Gasteiger partial charge in [0.05, 0.1) is 18.8 Å². The summed E-state index contributed by atoms with van der Waals surface area (Å²) < 4.78 is 17.8. The van der Waals surface area contributed by atoms with Crippen molar-refractivity contribution in [1.82, 2.24) is 9.88 Å². The minimum Gasteiger partial charge on any atom is -0.489 e. The van der Waals surface area contributed by atoms with Crippen LogP contribution in [0.15, 0.2) is 65.2 Å². The van der Waals surface area contributed by atoms with Crippen molar-refractivity contribution in [3.63, 3.8) is 0 Å². The molecule has 2 aromatic heterocycles. The Hall–Kier alpha value is -3.99. The number of pyridine rings is 1. The summed E-state index contributed by atoms with van der Waals surface area (Å²) in [5.41, 5.74) is 5.20. The second-order valence-corrected chi connectivity index (χ2v) is 10.6. The molecule has 2 aliphatic heterocycles. The van der Waals surface area contributed by atoms with Crippen molar-refractivity contribution in [2.24, 2.45) is 0 Å². The van der Waals surface area contributed by atoms with Gasteiger partial charge in [-0.1, -0.05) is 30.3 Å². The van der Waals surface area contributed by atoms with Gasteiger partial charge in [0.15, 0.2) is 11.4 Å². The van der Waals surface area contributed by atoms with Gasteiger partial charge in [0.1, 0.15) is 29.2 Å². The first-order valence-corrected chi connectivity index (χ1v) is 14.2. The van der Waals surface area contributed by atoms with E-state index in [1.807, 2.05) is 54.6 Å². The smallest absolute Gasteiger partial charge is 0.162 e. The molecule has 7 nitrogen and oxygen atoms in total. The number of rotatable bonds is 9. The van der Waals surface area contributed by atoms with Crippen molar-refractivity contribution in [3.05, 3.63) is 71.9 Å². The molecule has 2 aliphatic rings. The molecule has 204 valence electrons. The Morgan fingerprint density at radius 1 is 1.02 bits per heavy atom. The Morgan fingerprint density at radius 3 is 2.58 bits per heavy atom. The lowest BCUT2D eigenvalue weighted by Crippen LogP contribution is -2.26. The Kier molecular flexibility index (Phi) is 7.90. The lowest BCUT2D eigenvalue weighted by Gasteiger charge is -2.23. The first kappa shape index (κ1) is 26.2. The summed E-state index contributed by atoms with van der Waals surface area (Å²) in [6.07, 6.45) is 7.45. The van der Waals surface area contributed by atoms with Gasteiger partial charge in [-0.25, -0.2) is 0 Å². The number of Topliss-reactive ketones (excluding diaryl/α,β-unsaturated/α-hetero) is 1. The zero-order valence-electron chi connectivity index (χ0n) is 22.6. The first-order chi connectivity index (χ1) is 19.7. The molecule has 4 aromatic rings. The van der Waals surface area contributed by atoms with Crippen LogP contribution in [0.5, 0.6) is 5.75 Å². The number of nitrogens with zero attached hydrogens (tertiary/aromatic N) is 3. The number of likely N-dealkylation sites (tertiary alicyclic amines) is 1. The maximum absolute atomic E-state index is 12.7. The van der Waals surface area contributed by atoms with Crippen molar-refractivity contribution in [3.8, 4) is 34.3 Å². The largest absolute Gasteiger partial charge is 0.489 e. The molecule has 0 radical (unpaired) electrons. The first-order valence-electron chi connectivity index (χ1n) is 14.2. The maximum atomic E-state index is 12.7. The Bertz CT molecular complexity index is 1520. The van der Waals surface area contributed by atoms with Crippen molar-refractivity contribution in [2.45, 2.75) is 44.6 Å². The quantitative estimate of drug-likeness (QED) is 0.222. The van der Waals surface area contributed by atoms with Gasteiger partial charge in [-0.05, 0) is 62.7 Å². The van der Waals surface area contributed by atoms with Gasteiger partial charge in [0, 0.05) is 48.2 Å². The average Bonchev–Trinajstić information content (AvgIpc) is 3.68. The molecule has 4 heterocycles. The number of ketones is 1. The standard InChI is InChI=1S/C33H33N3O4/c34-22-26-20-25(9-10-31(26)39-27-12-18-38-19-13-27)28-11-14-35-29-21-32(40-33(28)29)24-7-5-23(6-8-24)30(37)4-3-17-36-15-1-2-16-36/h5-11,14,20-21,27H,1-4,12-13,15-19H2. The fourth-order valence-electron chi connectivity index (χ4n) is 5.60. The highest BCUT2D eigenvalue weighted by molar-refractivity contribution is 5.97. The van der Waals surface area contributed by atoms with Crippen LogP contribution in [-0.2, 0) is 4.74 Å². The Labute approximate surface area is 234 Å². The molecular weight excluding hydrogens is 502 g/mol. The number of carbonyl (C=O) groups is 1. The fourth-order valence-corrected chi connectivity index (χ4v) is 5.60. The number of aromatic nitrogens is 1. The van der Waals surface area contributed by atoms with E-state index >= 15 is 0 Å². The van der Waals surface area contributed by atoms with Crippen molar-refractivity contribution in [2.75, 3.05) is 32.8 Å². The molecule has 0 aliphatic carbocycles. The summed E-state index contributed by atoms with van der Waals surface area (Å²) in [7, 11) is 0. The second kappa shape index (κ2) is 12.0. The van der Waals surface area contributed by atoms with E-state index in [0.29, 0.717) is 42.3 Å². The van der Waals surface area contributed by atoms with Gasteiger partial charge >= 0.3 is 0 Å². The predicted molar refractivity (Wildman–Crippen MR) is 153 cm³/mol. The van der Waals surface area contributed by atoms with Gasteiger partial charge in [-0.3, -0.25) is 9.78 Å². The number of benzene rings is 2. The van der Waals surface area contributed by atoms with Gasteiger partial charge in [-0.15, -0.1) is 0 Å². The van der Waals surface area contributed by atoms with Crippen LogP contribution < -0.4 is 4.74 Å². The lowest BCUT2D eigenvalue weighted by atomic mass is 10.0. The van der Waals surface area contributed by atoms with Crippen LogP contribution in [0.25, 0.3) is 33.6 Å². The summed E-state index contributed by atoms with van der Waals surface area (Å²) in [6.45, 7) is 4.68. The van der Waals surface area contributed by atoms with Crippen LogP contribution in [0.3, 0.4) is 0 Å². The van der Waals surface area contributed by atoms with Gasteiger partial charge < -0.3 is 18.8 Å². The predicted octanol–water partition coefficient (Wildman–Crippen LogP) is 6.65. The van der Waals surface area contributed by atoms with Gasteiger partial charge in [-0.2, -0.15) is 5.26 Å². The van der Waals surface area contributed by atoms with E-state index in [1.54, 1.807) is 6.20 Å². The van der Waals surface area contributed by atoms with Crippen LogP contribution in [0.2, 0.25) is 0 Å². The molecule has 0 amide bonds. The molecule has 2 aromatic carbocycles. The summed E-state index contributed by atoms with van der Waals surface area (Å²) in [5, 5.41) is 9.83. The highest BCUT2D eigenvalue weighted by Gasteiger charge is 2.19. The number of furan rings is 1. The van der Waals surface area contributed by atoms with E-state index in [-0.39, 0.29) is 11.9 Å². The highest BCUT2D eigenvalue weighted by Crippen LogP contribution is 2.35. The van der Waals surface area contributed by atoms with Gasteiger partial charge in [0.2, 0.25) is 0 Å². The minimum absolute atomic E-state index is 0.0589.